The largest absolute Gasteiger partial charge is 0.487 e. The minimum Gasteiger partial charge on any atom is -0.420 e. The fourth-order valence-corrected chi connectivity index (χ4v) is 4.99. The molecule has 1 aliphatic carbocycles. The van der Waals surface area contributed by atoms with Gasteiger partial charge < -0.3 is 15.0 Å². The maximum Gasteiger partial charge on any atom is 0.487 e. The Morgan fingerprint density at radius 2 is 2.03 bits per heavy atom. The second-order valence-corrected chi connectivity index (χ2v) is 9.16. The summed E-state index contributed by atoms with van der Waals surface area (Å²) in [7, 11) is 0. The number of nitrogens with one attached hydrogen (secondary N) is 2. The van der Waals surface area contributed by atoms with Crippen LogP contribution in [0.5, 0.6) is 5.75 Å². The summed E-state index contributed by atoms with van der Waals surface area (Å²) in [6.07, 6.45) is 7.05. The molecule has 2 aliphatic rings. The van der Waals surface area contributed by atoms with Gasteiger partial charge in [-0.15, -0.1) is 8.78 Å². The van der Waals surface area contributed by atoms with Crippen LogP contribution in [0.4, 0.5) is 20.2 Å². The number of halogens is 3. The van der Waals surface area contributed by atoms with Crippen molar-refractivity contribution in [3.05, 3.63) is 71.9 Å². The summed E-state index contributed by atoms with van der Waals surface area (Å²) >= 11 is 4.80. The summed E-state index contributed by atoms with van der Waals surface area (Å²) in [5, 5.41) is 9.98. The fourth-order valence-electron chi connectivity index (χ4n) is 4.90. The lowest BCUT2D eigenvalue weighted by Gasteiger charge is -2.31. The number of ether oxygens (including phenoxy) is 1. The molecule has 0 spiro atoms. The van der Waals surface area contributed by atoms with Crippen LogP contribution in [0.3, 0.4) is 0 Å². The van der Waals surface area contributed by atoms with E-state index in [4.69, 9.17) is 11.6 Å². The van der Waals surface area contributed by atoms with Gasteiger partial charge in [0.15, 0.2) is 0 Å². The molecule has 2 N–H and O–H groups in total. The van der Waals surface area contributed by atoms with E-state index in [2.05, 4.69) is 51.2 Å². The molecule has 0 radical (unpaired) electrons. The van der Waals surface area contributed by atoms with Crippen LogP contribution in [0.25, 0.3) is 11.3 Å². The highest BCUT2D eigenvalue weighted by Crippen LogP contribution is 2.51. The number of rotatable bonds is 6. The molecule has 176 valence electrons. The molecule has 6 nitrogen and oxygen atoms in total. The van der Waals surface area contributed by atoms with Crippen LogP contribution in [0, 0.1) is 0 Å². The predicted molar refractivity (Wildman–Crippen MR) is 128 cm³/mol. The second kappa shape index (κ2) is 8.43. The normalized spacial score (nSPS) is 18.8. The Morgan fingerprint density at radius 1 is 1.26 bits per heavy atom. The first-order valence-electron chi connectivity index (χ1n) is 11.0. The second-order valence-electron chi connectivity index (χ2n) is 8.72. The monoisotopic (exact) mass is 484 g/mol. The van der Waals surface area contributed by atoms with Gasteiger partial charge in [-0.1, -0.05) is 12.2 Å². The Bertz CT molecular complexity index is 1240. The number of amides is 1. The lowest BCUT2D eigenvalue weighted by Crippen LogP contribution is -2.37. The molecule has 0 saturated carbocycles. The third kappa shape index (κ3) is 4.14. The maximum atomic E-state index is 13.2. The number of benzene rings is 2. The molecule has 34 heavy (non-hydrogen) atoms. The topological polar surface area (TPSA) is 70.2 Å². The number of nitrogens with zero attached hydrogens (tertiary/aromatic N) is 2. The number of allylic oxidation sites excluding steroid dienone is 1. The molecule has 2 aromatic carbocycles. The lowest BCUT2D eigenvalue weighted by molar-refractivity contribution is -0.0964. The zero-order valence-corrected chi connectivity index (χ0v) is 19.3. The van der Waals surface area contributed by atoms with Crippen LogP contribution in [0.2, 0.25) is 0 Å². The molecule has 2 unspecified atom stereocenters. The number of H-pyrrole nitrogens is 1. The Balaban J connectivity index is 1.49. The average Bonchev–Trinajstić information content (AvgIpc) is 3.51. The van der Waals surface area contributed by atoms with E-state index in [0.29, 0.717) is 11.3 Å². The number of carbonyl (C=O) groups is 1. The van der Waals surface area contributed by atoms with Crippen LogP contribution in [-0.4, -0.2) is 33.8 Å². The van der Waals surface area contributed by atoms with Crippen LogP contribution in [-0.2, 0) is 0 Å². The number of aromatic nitrogens is 2. The first-order valence-corrected chi connectivity index (χ1v) is 11.4. The van der Waals surface area contributed by atoms with E-state index in [1.54, 1.807) is 6.20 Å². The molecule has 0 bridgehead atoms. The van der Waals surface area contributed by atoms with Crippen molar-refractivity contribution in [2.24, 2.45) is 0 Å². The summed E-state index contributed by atoms with van der Waals surface area (Å²) in [6, 6.07) is 11.9. The number of hydrogen-bond acceptors (Lipinski definition) is 4. The van der Waals surface area contributed by atoms with Gasteiger partial charge >= 0.3 is 5.57 Å². The Labute approximate surface area is 200 Å². The van der Waals surface area contributed by atoms with Gasteiger partial charge in [-0.25, -0.2) is 0 Å². The molecule has 2 atom stereocenters. The van der Waals surface area contributed by atoms with Crippen LogP contribution in [0.15, 0.2) is 60.8 Å². The van der Waals surface area contributed by atoms with E-state index >= 15 is 0 Å². The van der Waals surface area contributed by atoms with Crippen molar-refractivity contribution in [1.82, 2.24) is 10.2 Å². The predicted octanol–water partition coefficient (Wildman–Crippen LogP) is 6.14. The Morgan fingerprint density at radius 3 is 2.68 bits per heavy atom. The minimum absolute atomic E-state index is 0.106. The molecular weight excluding hydrogens is 462 g/mol. The van der Waals surface area contributed by atoms with Gasteiger partial charge in [0.25, 0.3) is 5.91 Å². The SMILES string of the molecule is CC(C)N1c2c(-c3ccn[nH]3)cc(C(=O)Nc3ccc(OC(F)(F)Cl)cc3)cc2C2CC=CC21. The molecule has 1 aromatic heterocycles. The Kier molecular flexibility index (Phi) is 5.56. The highest BCUT2D eigenvalue weighted by molar-refractivity contribution is 6.20. The number of alkyl halides is 3. The first kappa shape index (κ1) is 22.4. The molecule has 1 amide bonds. The fraction of sp³-hybridized carbons (Fsp3) is 0.280. The summed E-state index contributed by atoms with van der Waals surface area (Å²) in [5.41, 5.74) is 1.17. The van der Waals surface area contributed by atoms with Crippen LogP contribution >= 0.6 is 11.6 Å². The molecule has 0 fully saturated rings. The Hall–Kier alpha value is -3.39. The van der Waals surface area contributed by atoms with Crippen LogP contribution < -0.4 is 15.0 Å². The standard InChI is InChI=1S/C25H23ClF2N4O2/c1-14(2)32-22-5-3-4-18(22)19-12-15(13-20(23(19)32)21-10-11-29-31-21)24(33)30-16-6-8-17(9-7-16)34-25(26,27)28/h3,5-14,18,22H,4H2,1-2H3,(H,29,31)(H,30,33). The minimum atomic E-state index is -3.80. The average molecular weight is 485 g/mol. The van der Waals surface area contributed by atoms with E-state index in [1.807, 2.05) is 18.2 Å². The highest BCUT2D eigenvalue weighted by atomic mass is 35.5. The quantitative estimate of drug-likeness (QED) is 0.326. The zero-order chi connectivity index (χ0) is 24.0. The molecular formula is C25H23ClF2N4O2. The summed E-state index contributed by atoms with van der Waals surface area (Å²) in [4.78, 5) is 15.6. The van der Waals surface area contributed by atoms with Gasteiger partial charge in [0.05, 0.1) is 17.4 Å². The van der Waals surface area contributed by atoms with Gasteiger partial charge in [-0.3, -0.25) is 9.89 Å². The van der Waals surface area contributed by atoms with Gasteiger partial charge in [0.1, 0.15) is 5.75 Å². The number of aromatic amines is 1. The van der Waals surface area contributed by atoms with Crippen LogP contribution in [0.1, 0.15) is 42.1 Å². The number of hydrogen-bond donors (Lipinski definition) is 2. The van der Waals surface area contributed by atoms with E-state index in [1.165, 1.54) is 24.3 Å². The summed E-state index contributed by atoms with van der Waals surface area (Å²) < 4.78 is 30.0. The molecule has 0 saturated heterocycles. The van der Waals surface area contributed by atoms with E-state index in [0.717, 1.165) is 28.9 Å². The first-order chi connectivity index (χ1) is 16.2. The van der Waals surface area contributed by atoms with Crippen molar-refractivity contribution in [2.45, 2.75) is 43.8 Å². The van der Waals surface area contributed by atoms with Crippen molar-refractivity contribution in [3.63, 3.8) is 0 Å². The molecule has 5 rings (SSSR count). The lowest BCUT2D eigenvalue weighted by atomic mass is 9.92. The van der Waals surface area contributed by atoms with Crippen molar-refractivity contribution in [3.8, 4) is 17.0 Å². The maximum absolute atomic E-state index is 13.2. The van der Waals surface area contributed by atoms with Crippen molar-refractivity contribution >= 4 is 28.9 Å². The highest BCUT2D eigenvalue weighted by Gasteiger charge is 2.42. The molecule has 1 aliphatic heterocycles. The van der Waals surface area contributed by atoms with Crippen molar-refractivity contribution in [2.75, 3.05) is 10.2 Å². The zero-order valence-electron chi connectivity index (χ0n) is 18.6. The summed E-state index contributed by atoms with van der Waals surface area (Å²) in [5.74, 6) is -0.128. The van der Waals surface area contributed by atoms with E-state index < -0.39 is 5.57 Å². The number of fused-ring (bicyclic) bond motifs is 3. The van der Waals surface area contributed by atoms with Gasteiger partial charge in [-0.05, 0) is 68.3 Å². The number of carbonyl (C=O) groups excluding carboxylic acids is 1. The molecule has 2 heterocycles. The third-order valence-corrected chi connectivity index (χ3v) is 6.29. The molecule has 3 aromatic rings. The van der Waals surface area contributed by atoms with E-state index in [-0.39, 0.29) is 29.7 Å². The summed E-state index contributed by atoms with van der Waals surface area (Å²) in [6.45, 7) is 4.34. The smallest absolute Gasteiger partial charge is 0.420 e. The molecule has 9 heteroatoms. The van der Waals surface area contributed by atoms with Gasteiger partial charge in [-0.2, -0.15) is 5.10 Å². The van der Waals surface area contributed by atoms with Gasteiger partial charge in [0, 0.05) is 46.6 Å². The van der Waals surface area contributed by atoms with Crippen molar-refractivity contribution in [1.29, 1.82) is 0 Å². The van der Waals surface area contributed by atoms with E-state index in [9.17, 15) is 13.6 Å². The van der Waals surface area contributed by atoms with Crippen molar-refractivity contribution < 1.29 is 18.3 Å². The van der Waals surface area contributed by atoms with Gasteiger partial charge in [0.2, 0.25) is 0 Å². The number of anilines is 2. The third-order valence-electron chi connectivity index (χ3n) is 6.21.